The highest BCUT2D eigenvalue weighted by Crippen LogP contribution is 2.32. The van der Waals surface area contributed by atoms with E-state index >= 15 is 0 Å². The zero-order valence-electron chi connectivity index (χ0n) is 14.4. The Hall–Kier alpha value is -3.02. The summed E-state index contributed by atoms with van der Waals surface area (Å²) in [7, 11) is 0. The van der Waals surface area contributed by atoms with Gasteiger partial charge in [-0.15, -0.1) is 0 Å². The molecule has 0 saturated heterocycles. The number of carbonyl (C=O) groups excluding carboxylic acids is 1. The summed E-state index contributed by atoms with van der Waals surface area (Å²) in [5.41, 5.74) is 4.41. The maximum Gasteiger partial charge on any atom is 0.271 e. The van der Waals surface area contributed by atoms with Crippen molar-refractivity contribution in [2.24, 2.45) is 5.10 Å². The van der Waals surface area contributed by atoms with E-state index in [1.165, 1.54) is 6.21 Å². The Labute approximate surface area is 146 Å². The van der Waals surface area contributed by atoms with E-state index in [1.807, 2.05) is 12.1 Å². The number of aromatic hydroxyl groups is 1. The van der Waals surface area contributed by atoms with Gasteiger partial charge in [-0.25, -0.2) is 5.43 Å². The minimum atomic E-state index is -0.374. The van der Waals surface area contributed by atoms with Gasteiger partial charge in [0.1, 0.15) is 5.75 Å². The largest absolute Gasteiger partial charge is 0.507 e. The lowest BCUT2D eigenvalue weighted by atomic mass is 9.86. The SMILES string of the molecule is CC(C)(C)c1ccc(O)c(C=NNC(=O)c2ccc3c(c2)OCO3)c1. The summed E-state index contributed by atoms with van der Waals surface area (Å²) in [5, 5.41) is 13.9. The molecule has 0 unspecified atom stereocenters. The van der Waals surface area contributed by atoms with Crippen LogP contribution in [0.15, 0.2) is 41.5 Å². The number of nitrogens with zero attached hydrogens (tertiary/aromatic N) is 1. The Kier molecular flexibility index (Phi) is 4.35. The normalized spacial score (nSPS) is 13.2. The number of hydrogen-bond donors (Lipinski definition) is 2. The van der Waals surface area contributed by atoms with Crippen LogP contribution >= 0.6 is 0 Å². The lowest BCUT2D eigenvalue weighted by Gasteiger charge is -2.19. The number of nitrogens with one attached hydrogen (secondary N) is 1. The van der Waals surface area contributed by atoms with Gasteiger partial charge in [-0.1, -0.05) is 26.8 Å². The van der Waals surface area contributed by atoms with E-state index in [-0.39, 0.29) is 23.9 Å². The predicted molar refractivity (Wildman–Crippen MR) is 94.4 cm³/mol. The molecule has 2 aromatic rings. The molecule has 0 spiro atoms. The highest BCUT2D eigenvalue weighted by Gasteiger charge is 2.16. The molecule has 0 atom stereocenters. The smallest absolute Gasteiger partial charge is 0.271 e. The minimum absolute atomic E-state index is 0.0496. The van der Waals surface area contributed by atoms with E-state index in [0.29, 0.717) is 22.6 Å². The molecule has 0 aromatic heterocycles. The van der Waals surface area contributed by atoms with Gasteiger partial charge in [0.05, 0.1) is 6.21 Å². The molecule has 2 N–H and O–H groups in total. The molecular formula is C19H20N2O4. The fraction of sp³-hybridized carbons (Fsp3) is 0.263. The van der Waals surface area contributed by atoms with E-state index in [2.05, 4.69) is 31.3 Å². The van der Waals surface area contributed by atoms with Crippen LogP contribution in [-0.4, -0.2) is 24.0 Å². The highest BCUT2D eigenvalue weighted by molar-refractivity contribution is 5.95. The van der Waals surface area contributed by atoms with Crippen molar-refractivity contribution in [3.8, 4) is 17.2 Å². The van der Waals surface area contributed by atoms with Gasteiger partial charge in [0, 0.05) is 11.1 Å². The molecule has 6 nitrogen and oxygen atoms in total. The molecule has 3 rings (SSSR count). The second kappa shape index (κ2) is 6.47. The number of phenolic OH excluding ortho intramolecular Hbond substituents is 1. The van der Waals surface area contributed by atoms with Gasteiger partial charge in [0.15, 0.2) is 11.5 Å². The van der Waals surface area contributed by atoms with Crippen LogP contribution in [0, 0.1) is 0 Å². The highest BCUT2D eigenvalue weighted by atomic mass is 16.7. The maximum absolute atomic E-state index is 12.2. The Balaban J connectivity index is 1.72. The van der Waals surface area contributed by atoms with Crippen molar-refractivity contribution in [1.82, 2.24) is 5.43 Å². The summed E-state index contributed by atoms with van der Waals surface area (Å²) >= 11 is 0. The van der Waals surface area contributed by atoms with Gasteiger partial charge in [0.2, 0.25) is 6.79 Å². The van der Waals surface area contributed by atoms with Crippen LogP contribution in [0.25, 0.3) is 0 Å². The summed E-state index contributed by atoms with van der Waals surface area (Å²) in [6, 6.07) is 10.3. The molecule has 0 fully saturated rings. The van der Waals surface area contributed by atoms with Crippen LogP contribution in [0.1, 0.15) is 42.3 Å². The van der Waals surface area contributed by atoms with Gasteiger partial charge in [-0.3, -0.25) is 4.79 Å². The zero-order valence-corrected chi connectivity index (χ0v) is 14.4. The Bertz CT molecular complexity index is 838. The first-order valence-corrected chi connectivity index (χ1v) is 7.91. The minimum Gasteiger partial charge on any atom is -0.507 e. The third kappa shape index (κ3) is 3.74. The van der Waals surface area contributed by atoms with E-state index in [9.17, 15) is 9.90 Å². The number of ether oxygens (including phenoxy) is 2. The van der Waals surface area contributed by atoms with E-state index in [4.69, 9.17) is 9.47 Å². The van der Waals surface area contributed by atoms with Gasteiger partial charge in [0.25, 0.3) is 5.91 Å². The Morgan fingerprint density at radius 1 is 1.16 bits per heavy atom. The molecule has 1 aliphatic rings. The molecule has 0 radical (unpaired) electrons. The topological polar surface area (TPSA) is 80.2 Å². The van der Waals surface area contributed by atoms with Crippen LogP contribution in [0.4, 0.5) is 0 Å². The molecule has 0 bridgehead atoms. The van der Waals surface area contributed by atoms with Crippen molar-refractivity contribution in [3.05, 3.63) is 53.1 Å². The molecule has 130 valence electrons. The first-order chi connectivity index (χ1) is 11.8. The van der Waals surface area contributed by atoms with Gasteiger partial charge in [-0.2, -0.15) is 5.10 Å². The Morgan fingerprint density at radius 2 is 1.92 bits per heavy atom. The van der Waals surface area contributed by atoms with Gasteiger partial charge in [-0.05, 0) is 41.3 Å². The standard InChI is InChI=1S/C19H20N2O4/c1-19(2,3)14-5-6-15(22)13(8-14)10-20-21-18(23)12-4-7-16-17(9-12)25-11-24-16/h4-10,22H,11H2,1-3H3,(H,21,23). The van der Waals surface area contributed by atoms with Crippen molar-refractivity contribution in [2.75, 3.05) is 6.79 Å². The average Bonchev–Trinajstić information content (AvgIpc) is 3.03. The molecular weight excluding hydrogens is 320 g/mol. The number of phenols is 1. The summed E-state index contributed by atoms with van der Waals surface area (Å²) < 4.78 is 10.5. The molecule has 1 heterocycles. The summed E-state index contributed by atoms with van der Waals surface area (Å²) in [6.07, 6.45) is 1.43. The number of hydrogen-bond acceptors (Lipinski definition) is 5. The molecule has 1 amide bonds. The predicted octanol–water partition coefficient (Wildman–Crippen LogP) is 3.18. The summed E-state index contributed by atoms with van der Waals surface area (Å²) in [6.45, 7) is 6.41. The third-order valence-corrected chi connectivity index (χ3v) is 3.90. The summed E-state index contributed by atoms with van der Waals surface area (Å²) in [4.78, 5) is 12.2. The average molecular weight is 340 g/mol. The first kappa shape index (κ1) is 16.8. The first-order valence-electron chi connectivity index (χ1n) is 7.91. The van der Waals surface area contributed by atoms with Gasteiger partial charge >= 0.3 is 0 Å². The lowest BCUT2D eigenvalue weighted by Crippen LogP contribution is -2.17. The van der Waals surface area contributed by atoms with Crippen LogP contribution in [-0.2, 0) is 5.41 Å². The monoisotopic (exact) mass is 340 g/mol. The fourth-order valence-electron chi connectivity index (χ4n) is 2.39. The second-order valence-electron chi connectivity index (χ2n) is 6.79. The van der Waals surface area contributed by atoms with Crippen LogP contribution < -0.4 is 14.9 Å². The number of fused-ring (bicyclic) bond motifs is 1. The molecule has 0 saturated carbocycles. The quantitative estimate of drug-likeness (QED) is 0.664. The molecule has 1 aliphatic heterocycles. The number of carbonyl (C=O) groups is 1. The van der Waals surface area contributed by atoms with Crippen molar-refractivity contribution < 1.29 is 19.4 Å². The number of benzene rings is 2. The molecule has 2 aromatic carbocycles. The zero-order chi connectivity index (χ0) is 18.0. The molecule has 6 heteroatoms. The third-order valence-electron chi connectivity index (χ3n) is 3.90. The van der Waals surface area contributed by atoms with E-state index in [1.54, 1.807) is 24.3 Å². The summed E-state index contributed by atoms with van der Waals surface area (Å²) in [5.74, 6) is 0.881. The van der Waals surface area contributed by atoms with Gasteiger partial charge < -0.3 is 14.6 Å². The van der Waals surface area contributed by atoms with Crippen molar-refractivity contribution in [1.29, 1.82) is 0 Å². The molecule has 25 heavy (non-hydrogen) atoms. The van der Waals surface area contributed by atoms with Crippen LogP contribution in [0.3, 0.4) is 0 Å². The number of hydrazone groups is 1. The fourth-order valence-corrected chi connectivity index (χ4v) is 2.39. The van der Waals surface area contributed by atoms with Crippen molar-refractivity contribution in [2.45, 2.75) is 26.2 Å². The Morgan fingerprint density at radius 3 is 2.68 bits per heavy atom. The van der Waals surface area contributed by atoms with Crippen molar-refractivity contribution in [3.63, 3.8) is 0 Å². The lowest BCUT2D eigenvalue weighted by molar-refractivity contribution is 0.0954. The van der Waals surface area contributed by atoms with E-state index in [0.717, 1.165) is 5.56 Å². The second-order valence-corrected chi connectivity index (χ2v) is 6.79. The van der Waals surface area contributed by atoms with Crippen LogP contribution in [0.2, 0.25) is 0 Å². The van der Waals surface area contributed by atoms with E-state index < -0.39 is 0 Å². The van der Waals surface area contributed by atoms with Crippen molar-refractivity contribution >= 4 is 12.1 Å². The maximum atomic E-state index is 12.2. The van der Waals surface area contributed by atoms with Crippen LogP contribution in [0.5, 0.6) is 17.2 Å². The number of rotatable bonds is 3. The number of amides is 1. The molecule has 0 aliphatic carbocycles.